The van der Waals surface area contributed by atoms with Gasteiger partial charge in [-0.05, 0) is 38.4 Å². The molecule has 6 nitrogen and oxygen atoms in total. The quantitative estimate of drug-likeness (QED) is 0.657. The highest BCUT2D eigenvalue weighted by Gasteiger charge is 2.15. The van der Waals surface area contributed by atoms with Gasteiger partial charge in [-0.2, -0.15) is 4.99 Å². The van der Waals surface area contributed by atoms with Crippen molar-refractivity contribution in [3.63, 3.8) is 0 Å². The van der Waals surface area contributed by atoms with Gasteiger partial charge in [-0.25, -0.2) is 0 Å². The molecule has 0 saturated heterocycles. The third-order valence-corrected chi connectivity index (χ3v) is 3.32. The number of aliphatic imine (C=N–C) groups is 1. The van der Waals surface area contributed by atoms with E-state index >= 15 is 0 Å². The predicted molar refractivity (Wildman–Crippen MR) is 85.6 cm³/mol. The van der Waals surface area contributed by atoms with Crippen molar-refractivity contribution in [1.29, 1.82) is 0 Å². The Balaban J connectivity index is 2.53. The van der Waals surface area contributed by atoms with Crippen LogP contribution in [0.2, 0.25) is 5.02 Å². The molecule has 0 aliphatic carbocycles. The number of amides is 1. The van der Waals surface area contributed by atoms with E-state index in [9.17, 15) is 4.79 Å². The van der Waals surface area contributed by atoms with Crippen molar-refractivity contribution >= 4 is 34.4 Å². The van der Waals surface area contributed by atoms with E-state index in [0.29, 0.717) is 17.3 Å². The zero-order valence-corrected chi connectivity index (χ0v) is 12.8. The van der Waals surface area contributed by atoms with Gasteiger partial charge < -0.3 is 20.9 Å². The molecule has 0 unspecified atom stereocenters. The summed E-state index contributed by atoms with van der Waals surface area (Å²) in [5.41, 5.74) is 12.0. The highest BCUT2D eigenvalue weighted by molar-refractivity contribution is 6.31. The summed E-state index contributed by atoms with van der Waals surface area (Å²) in [7, 11) is 3.94. The Morgan fingerprint density at radius 3 is 2.67 bits per heavy atom. The smallest absolute Gasteiger partial charge is 0.296 e. The lowest BCUT2D eigenvalue weighted by Gasteiger charge is -2.13. The Morgan fingerprint density at radius 1 is 1.33 bits per heavy atom. The van der Waals surface area contributed by atoms with Crippen molar-refractivity contribution in [1.82, 2.24) is 9.47 Å². The first-order valence-electron chi connectivity index (χ1n) is 6.46. The summed E-state index contributed by atoms with van der Waals surface area (Å²) < 4.78 is 1.90. The van der Waals surface area contributed by atoms with Gasteiger partial charge in [-0.3, -0.25) is 4.79 Å². The van der Waals surface area contributed by atoms with Gasteiger partial charge in [0.25, 0.3) is 5.91 Å². The highest BCUT2D eigenvalue weighted by atomic mass is 35.5. The van der Waals surface area contributed by atoms with Gasteiger partial charge in [0.15, 0.2) is 5.96 Å². The lowest BCUT2D eigenvalue weighted by molar-refractivity contribution is 0.0994. The van der Waals surface area contributed by atoms with Crippen molar-refractivity contribution in [3.05, 3.63) is 35.0 Å². The van der Waals surface area contributed by atoms with E-state index < -0.39 is 5.91 Å². The number of guanidine groups is 1. The van der Waals surface area contributed by atoms with Crippen LogP contribution in [-0.4, -0.2) is 42.0 Å². The third kappa shape index (κ3) is 3.53. The maximum atomic E-state index is 12.2. The zero-order chi connectivity index (χ0) is 15.6. The van der Waals surface area contributed by atoms with Crippen LogP contribution < -0.4 is 11.5 Å². The van der Waals surface area contributed by atoms with Gasteiger partial charge in [0.2, 0.25) is 0 Å². The second-order valence-corrected chi connectivity index (χ2v) is 5.47. The first-order chi connectivity index (χ1) is 9.88. The summed E-state index contributed by atoms with van der Waals surface area (Å²) in [4.78, 5) is 17.8. The normalized spacial score (nSPS) is 11.0. The molecule has 1 aromatic heterocycles. The summed E-state index contributed by atoms with van der Waals surface area (Å²) in [6, 6.07) is 7.26. The average molecular weight is 308 g/mol. The van der Waals surface area contributed by atoms with E-state index in [0.717, 1.165) is 17.4 Å². The van der Waals surface area contributed by atoms with Crippen LogP contribution in [0.15, 0.2) is 29.3 Å². The van der Waals surface area contributed by atoms with Crippen LogP contribution in [-0.2, 0) is 6.54 Å². The van der Waals surface area contributed by atoms with Gasteiger partial charge in [0, 0.05) is 29.0 Å². The van der Waals surface area contributed by atoms with Crippen LogP contribution in [0.3, 0.4) is 0 Å². The minimum atomic E-state index is -0.457. The van der Waals surface area contributed by atoms with E-state index in [1.54, 1.807) is 12.1 Å². The monoisotopic (exact) mass is 307 g/mol. The van der Waals surface area contributed by atoms with E-state index in [1.807, 2.05) is 35.7 Å². The van der Waals surface area contributed by atoms with Crippen molar-refractivity contribution in [2.24, 2.45) is 16.5 Å². The molecule has 4 N–H and O–H groups in total. The van der Waals surface area contributed by atoms with Gasteiger partial charge in [0.1, 0.15) is 5.69 Å². The third-order valence-electron chi connectivity index (χ3n) is 3.08. The Bertz CT molecular complexity index is 701. The molecular weight excluding hydrogens is 290 g/mol. The molecule has 21 heavy (non-hydrogen) atoms. The molecule has 1 amide bonds. The summed E-state index contributed by atoms with van der Waals surface area (Å²) in [6.45, 7) is 1.44. The van der Waals surface area contributed by atoms with Crippen LogP contribution in [0, 0.1) is 0 Å². The first kappa shape index (κ1) is 15.3. The molecule has 7 heteroatoms. The molecule has 2 rings (SSSR count). The number of halogens is 1. The fraction of sp³-hybridized carbons (Fsp3) is 0.286. The molecule has 112 valence electrons. The molecule has 0 aliphatic rings. The molecule has 2 aromatic rings. The summed E-state index contributed by atoms with van der Waals surface area (Å²) in [5, 5.41) is 1.50. The number of benzene rings is 1. The number of aromatic nitrogens is 1. The zero-order valence-electron chi connectivity index (χ0n) is 12.0. The number of nitrogens with two attached hydrogens (primary N) is 2. The van der Waals surface area contributed by atoms with E-state index in [2.05, 4.69) is 4.99 Å². The topological polar surface area (TPSA) is 89.6 Å². The van der Waals surface area contributed by atoms with E-state index in [1.165, 1.54) is 0 Å². The van der Waals surface area contributed by atoms with Gasteiger partial charge in [-0.1, -0.05) is 11.6 Å². The molecular formula is C14H18ClN5O. The molecule has 0 radical (unpaired) electrons. The van der Waals surface area contributed by atoms with E-state index in [-0.39, 0.29) is 5.96 Å². The lowest BCUT2D eigenvalue weighted by Crippen LogP contribution is -2.25. The van der Waals surface area contributed by atoms with Crippen molar-refractivity contribution in [2.75, 3.05) is 20.6 Å². The predicted octanol–water partition coefficient (Wildman–Crippen LogP) is 1.27. The Kier molecular flexibility index (Phi) is 4.50. The molecule has 0 aliphatic heterocycles. The molecule has 1 heterocycles. The van der Waals surface area contributed by atoms with Crippen LogP contribution >= 0.6 is 11.6 Å². The maximum absolute atomic E-state index is 12.2. The van der Waals surface area contributed by atoms with Crippen LogP contribution in [0.5, 0.6) is 0 Å². The molecule has 0 spiro atoms. The second kappa shape index (κ2) is 6.15. The first-order valence-corrected chi connectivity index (χ1v) is 6.84. The summed E-state index contributed by atoms with van der Waals surface area (Å²) in [6.07, 6.45) is 0. The Hall–Kier alpha value is -2.05. The van der Waals surface area contributed by atoms with Crippen molar-refractivity contribution < 1.29 is 4.79 Å². The standard InChI is InChI=1S/C14H18ClN5O/c1-19(2)5-6-20-11-4-3-10(15)7-9(11)8-12(20)13(21)18-14(16)17/h3-4,7-8H,5-6H2,1-2H3,(H4,16,17,18,21). The van der Waals surface area contributed by atoms with Crippen molar-refractivity contribution in [2.45, 2.75) is 6.54 Å². The lowest BCUT2D eigenvalue weighted by atomic mass is 10.2. The average Bonchev–Trinajstić information content (AvgIpc) is 2.73. The SMILES string of the molecule is CN(C)CCn1c(C(=O)N=C(N)N)cc2cc(Cl)ccc21. The fourth-order valence-electron chi connectivity index (χ4n) is 2.13. The molecule has 0 saturated carbocycles. The van der Waals surface area contributed by atoms with Crippen LogP contribution in [0.4, 0.5) is 0 Å². The largest absolute Gasteiger partial charge is 0.370 e. The molecule has 0 fully saturated rings. The number of carbonyl (C=O) groups is 1. The summed E-state index contributed by atoms with van der Waals surface area (Å²) in [5.74, 6) is -0.705. The maximum Gasteiger partial charge on any atom is 0.296 e. The van der Waals surface area contributed by atoms with Crippen molar-refractivity contribution in [3.8, 4) is 0 Å². The number of hydrogen-bond acceptors (Lipinski definition) is 2. The van der Waals surface area contributed by atoms with E-state index in [4.69, 9.17) is 23.1 Å². The Morgan fingerprint density at radius 2 is 2.05 bits per heavy atom. The number of rotatable bonds is 4. The van der Waals surface area contributed by atoms with Gasteiger partial charge >= 0.3 is 0 Å². The minimum absolute atomic E-state index is 0.248. The molecule has 1 aromatic carbocycles. The number of nitrogens with zero attached hydrogens (tertiary/aromatic N) is 3. The highest BCUT2D eigenvalue weighted by Crippen LogP contribution is 2.24. The van der Waals surface area contributed by atoms with Crippen LogP contribution in [0.25, 0.3) is 10.9 Å². The number of hydrogen-bond donors (Lipinski definition) is 2. The number of carbonyl (C=O) groups excluding carboxylic acids is 1. The van der Waals surface area contributed by atoms with Gasteiger partial charge in [0.05, 0.1) is 0 Å². The fourth-order valence-corrected chi connectivity index (χ4v) is 2.31. The Labute approximate surface area is 128 Å². The van der Waals surface area contributed by atoms with Gasteiger partial charge in [-0.15, -0.1) is 0 Å². The summed E-state index contributed by atoms with van der Waals surface area (Å²) >= 11 is 6.00. The van der Waals surface area contributed by atoms with Crippen LogP contribution in [0.1, 0.15) is 10.5 Å². The molecule has 0 bridgehead atoms. The second-order valence-electron chi connectivity index (χ2n) is 5.03. The number of fused-ring (bicyclic) bond motifs is 1. The number of likely N-dealkylation sites (N-methyl/N-ethyl adjacent to an activating group) is 1. The molecule has 0 atom stereocenters. The minimum Gasteiger partial charge on any atom is -0.370 e.